The molecule has 7 rings (SSSR count). The van der Waals surface area contributed by atoms with Gasteiger partial charge < -0.3 is 100 Å². The summed E-state index contributed by atoms with van der Waals surface area (Å²) in [6, 6.07) is 0. The number of anilines is 1. The van der Waals surface area contributed by atoms with Crippen molar-refractivity contribution < 1.29 is 74.6 Å². The molecule has 3 fully saturated rings. The third-order valence-corrected chi connectivity index (χ3v) is 18.4. The van der Waals surface area contributed by atoms with Crippen LogP contribution in [0.4, 0.5) is 5.95 Å². The van der Waals surface area contributed by atoms with Crippen molar-refractivity contribution in [2.75, 3.05) is 45.9 Å². The highest BCUT2D eigenvalue weighted by Gasteiger charge is 2.49. The normalized spacial score (nSPS) is 28.1. The molecular weight excluding hydrogens is 1190 g/mol. The number of aryl methyl sites for hydroxylation is 2. The van der Waals surface area contributed by atoms with Crippen molar-refractivity contribution in [3.8, 4) is 0 Å². The number of aromatic amines is 3. The molecule has 424 valence electrons. The number of methoxy groups -OCH3 is 1. The van der Waals surface area contributed by atoms with Gasteiger partial charge >= 0.3 is 11.4 Å². The number of nitrogens with zero attached hydrogens (tertiary/aromatic N) is 5. The predicted molar refractivity (Wildman–Crippen MR) is 278 cm³/mol. The first-order valence-corrected chi connectivity index (χ1v) is 33.9. The van der Waals surface area contributed by atoms with E-state index in [9.17, 15) is 43.4 Å². The number of aromatic nitrogens is 8. The van der Waals surface area contributed by atoms with E-state index in [1.165, 1.54) is 44.2 Å². The average Bonchev–Trinajstić information content (AvgIpc) is 4.11. The highest BCUT2D eigenvalue weighted by Crippen LogP contribution is 2.54. The molecule has 0 aromatic carbocycles. The Morgan fingerprint density at radius 2 is 1.36 bits per heavy atom. The van der Waals surface area contributed by atoms with Crippen molar-refractivity contribution >= 4 is 103 Å². The number of rotatable bonds is 25. The minimum atomic E-state index is -4.74. The third kappa shape index (κ3) is 15.4. The molecule has 3 saturated heterocycles. The summed E-state index contributed by atoms with van der Waals surface area (Å²) in [4.78, 5) is 105. The Labute approximate surface area is 456 Å². The van der Waals surface area contributed by atoms with Gasteiger partial charge in [0.1, 0.15) is 56.4 Å². The maximum absolute atomic E-state index is 14.2. The second-order valence-electron chi connectivity index (χ2n) is 17.3. The van der Waals surface area contributed by atoms with E-state index in [1.807, 2.05) is 0 Å². The zero-order chi connectivity index (χ0) is 55.7. The molecule has 7 heterocycles. The van der Waals surface area contributed by atoms with Crippen LogP contribution in [0.2, 0.25) is 0 Å². The summed E-state index contributed by atoms with van der Waals surface area (Å²) in [7, 11) is 1.27. The Kier molecular flexibility index (Phi) is 20.4. The molecule has 0 amide bonds. The number of hydrogen-bond donors (Lipinski definition) is 5. The van der Waals surface area contributed by atoms with Gasteiger partial charge in [-0.25, -0.2) is 14.6 Å². The van der Waals surface area contributed by atoms with Crippen LogP contribution in [-0.4, -0.2) is 133 Å². The first-order valence-electron chi connectivity index (χ1n) is 22.6. The fraction of sp³-hybridized carbons (Fsp3) is 0.649. The lowest BCUT2D eigenvalue weighted by atomic mass is 10.1. The Hall–Kier alpha value is -2.21. The number of H-pyrrole nitrogens is 3. The zero-order valence-electron chi connectivity index (χ0n) is 40.5. The lowest BCUT2D eigenvalue weighted by molar-refractivity contribution is -0.218. The lowest BCUT2D eigenvalue weighted by Crippen LogP contribution is -2.40. The third-order valence-electron chi connectivity index (χ3n) is 11.4. The molecule has 30 nitrogen and oxygen atoms in total. The smallest absolute Gasteiger partial charge is 0.330 e. The van der Waals surface area contributed by atoms with E-state index in [2.05, 4.69) is 24.9 Å². The topological polar surface area (TPSA) is 393 Å². The van der Waals surface area contributed by atoms with Gasteiger partial charge in [-0.15, -0.1) is 0 Å². The van der Waals surface area contributed by atoms with Gasteiger partial charge in [-0.1, -0.05) is 35.4 Å². The van der Waals surface area contributed by atoms with E-state index in [0.717, 1.165) is 9.13 Å². The molecule has 7 unspecified atom stereocenters. The number of ether oxygens (including phenoxy) is 4. The molecular formula is C37H51N9O21P4S5-4. The van der Waals surface area contributed by atoms with Crippen LogP contribution in [0, 0.1) is 13.8 Å². The van der Waals surface area contributed by atoms with Crippen molar-refractivity contribution in [1.29, 1.82) is 0 Å². The SMILES string of the molecule is CO[C@H]1C(OP(=S)([S-])OCCCO)[C@@H](COP(=O)([S-])OC2C[C@H](n3cc(C)c(=O)[nH]c3=O)O[C@@H]2COP([O-])(=S)OC2C[C@H](n3cnc4c(=O)[nH]c(N)nc43)O[C@@H]2COP([O-])(=S)OC(C)C)O[C@H]1n1cc(C)c(=O)[nH]c1=O. The number of aliphatic hydroxyl groups is 1. The van der Waals surface area contributed by atoms with Crippen LogP contribution in [0.1, 0.15) is 62.9 Å². The molecule has 76 heavy (non-hydrogen) atoms. The molecule has 3 aliphatic heterocycles. The van der Waals surface area contributed by atoms with E-state index in [0.29, 0.717) is 0 Å². The molecule has 0 aliphatic carbocycles. The Morgan fingerprint density at radius 1 is 0.789 bits per heavy atom. The zero-order valence-corrected chi connectivity index (χ0v) is 48.2. The highest BCUT2D eigenvalue weighted by molar-refractivity contribution is 8.51. The first kappa shape index (κ1) is 61.4. The molecule has 14 atom stereocenters. The number of nitrogen functional groups attached to an aromatic ring is 1. The van der Waals surface area contributed by atoms with Crippen molar-refractivity contribution in [2.45, 2.75) is 114 Å². The number of nitrogens with one attached hydrogen (secondary N) is 3. The predicted octanol–water partition coefficient (Wildman–Crippen LogP) is -0.468. The van der Waals surface area contributed by atoms with Gasteiger partial charge in [0.2, 0.25) is 5.95 Å². The van der Waals surface area contributed by atoms with Crippen molar-refractivity contribution in [3.05, 3.63) is 81.9 Å². The number of aliphatic hydroxyl groups excluding tert-OH is 1. The van der Waals surface area contributed by atoms with Crippen molar-refractivity contribution in [2.24, 2.45) is 0 Å². The summed E-state index contributed by atoms with van der Waals surface area (Å²) in [5, 5.41) is 9.28. The Balaban J connectivity index is 1.11. The van der Waals surface area contributed by atoms with E-state index in [1.54, 1.807) is 13.8 Å². The molecule has 3 aliphatic rings. The van der Waals surface area contributed by atoms with Crippen LogP contribution >= 0.6 is 25.9 Å². The summed E-state index contributed by atoms with van der Waals surface area (Å²) in [5.41, 5.74) is -1.40. The van der Waals surface area contributed by atoms with Crippen LogP contribution in [0.3, 0.4) is 0 Å². The molecule has 0 radical (unpaired) electrons. The minimum absolute atomic E-state index is 0.0152. The molecule has 0 saturated carbocycles. The number of fused-ring (bicyclic) bond motifs is 1. The highest BCUT2D eigenvalue weighted by atomic mass is 32.9. The minimum Gasteiger partial charge on any atom is -0.780 e. The standard InChI is InChI=1S/C37H55N9O21P4S5/c1-17(2)64-68(53,72)58-13-23-21(10-26(62-23)46-16-39-27-30(46)40-35(38)41-33(27)50)66-69(54,73)59-14-22-20(9-25(61-22)44-11-18(3)31(48)42-36(44)51)65-70(55,74)60-15-24-28(67-71(75,76)57-8-6-7-47)29(56-5)34(63-24)45-12-19(4)32(49)43-37(45)52/h11-12,16-17,20-26,28-29,34,47H,6-10,13-15H2,1-5H3,(H,53,72)(H,54,73)(H,55,74)(H,75,76)(H,42,48,51)(H,43,49,52)(H3,38,40,41,50)/p-4/t20?,21?,22-,23-,24-,25-,26-,28?,29+,34-,68?,69?,70?/m1/s1. The van der Waals surface area contributed by atoms with Gasteiger partial charge in [0.25, 0.3) is 16.7 Å². The van der Waals surface area contributed by atoms with Crippen LogP contribution in [0.5, 0.6) is 0 Å². The molecule has 0 spiro atoms. The van der Waals surface area contributed by atoms with E-state index < -0.39 is 141 Å². The Bertz CT molecular complexity index is 3250. The molecule has 39 heteroatoms. The molecule has 4 aromatic heterocycles. The lowest BCUT2D eigenvalue weighted by Gasteiger charge is -2.36. The van der Waals surface area contributed by atoms with Gasteiger partial charge in [-0.05, 0) is 34.1 Å². The molecule has 6 N–H and O–H groups in total. The summed E-state index contributed by atoms with van der Waals surface area (Å²) >= 11 is 26.7. The van der Waals surface area contributed by atoms with Gasteiger partial charge in [0.15, 0.2) is 24.2 Å². The van der Waals surface area contributed by atoms with Crippen LogP contribution < -0.4 is 43.6 Å². The van der Waals surface area contributed by atoms with Crippen LogP contribution in [0.25, 0.3) is 11.2 Å². The molecule has 0 bridgehead atoms. The van der Waals surface area contributed by atoms with Gasteiger partial charge in [-0.2, -0.15) is 4.98 Å². The van der Waals surface area contributed by atoms with E-state index >= 15 is 0 Å². The maximum Gasteiger partial charge on any atom is 0.330 e. The largest absolute Gasteiger partial charge is 0.780 e. The van der Waals surface area contributed by atoms with E-state index in [4.69, 9.17) is 121 Å². The van der Waals surface area contributed by atoms with Crippen LogP contribution in [0.15, 0.2) is 42.7 Å². The summed E-state index contributed by atoms with van der Waals surface area (Å²) in [6.07, 6.45) is -10.1. The summed E-state index contributed by atoms with van der Waals surface area (Å²) in [6.45, 7) is -9.80. The fourth-order valence-corrected chi connectivity index (χ4v) is 14.6. The number of imidazole rings is 1. The van der Waals surface area contributed by atoms with E-state index in [-0.39, 0.29) is 60.7 Å². The number of nitrogens with two attached hydrogens (primary N) is 1. The molecule has 4 aromatic rings. The van der Waals surface area contributed by atoms with Crippen LogP contribution in [-0.2, 0) is 120 Å². The fourth-order valence-electron chi connectivity index (χ4n) is 8.03. The average molecular weight is 1240 g/mol. The van der Waals surface area contributed by atoms with Crippen molar-refractivity contribution in [1.82, 2.24) is 38.6 Å². The van der Waals surface area contributed by atoms with Gasteiger partial charge in [-0.3, -0.25) is 47.6 Å². The second kappa shape index (κ2) is 25.3. The monoisotopic (exact) mass is 1240 g/mol. The van der Waals surface area contributed by atoms with Gasteiger partial charge in [0.05, 0.1) is 56.8 Å². The first-order chi connectivity index (χ1) is 35.6. The number of hydrogen-bond acceptors (Lipinski definition) is 29. The summed E-state index contributed by atoms with van der Waals surface area (Å²) < 4.78 is 87.4. The van der Waals surface area contributed by atoms with Crippen molar-refractivity contribution in [3.63, 3.8) is 0 Å². The summed E-state index contributed by atoms with van der Waals surface area (Å²) in [5.74, 6) is -0.229. The van der Waals surface area contributed by atoms with Gasteiger partial charge in [0, 0.05) is 50.1 Å². The Morgan fingerprint density at radius 3 is 1.96 bits per heavy atom. The quantitative estimate of drug-likeness (QED) is 0.0318. The second-order valence-corrected chi connectivity index (χ2v) is 30.4. The maximum atomic E-state index is 14.2.